The fourth-order valence-electron chi connectivity index (χ4n) is 7.84. The summed E-state index contributed by atoms with van der Waals surface area (Å²) in [4.78, 5) is 45.8. The first-order valence-corrected chi connectivity index (χ1v) is 19.5. The third kappa shape index (κ3) is 9.82. The first-order valence-electron chi connectivity index (χ1n) is 19.5. The van der Waals surface area contributed by atoms with Crippen LogP contribution in [0.3, 0.4) is 0 Å². The van der Waals surface area contributed by atoms with Gasteiger partial charge in [0.05, 0.1) is 42.5 Å². The molecule has 2 N–H and O–H groups in total. The first-order chi connectivity index (χ1) is 29.3. The Kier molecular flexibility index (Phi) is 11.5. The standard InChI is InChI=1S/C44H38F6N6O5/c45-43(46,47)60-37-14-3-1-8-29(37)23-39(57)55-20-6-12-35(55)41-51-25-33(53-41)27-16-18-31(19-17-27)59-32-11-5-10-28(22-32)34-26-52-42(54-34)36-13-7-21-56(36)40(58)24-30-9-2-4-15-38(30)61-44(48,49)50/h1-5,8-11,14-19,22,25-26,35-36H,6-7,12-13,20-21,23-24H2,(H,51,53)(H,52,54)/t35-,36-/m0/s1. The summed E-state index contributed by atoms with van der Waals surface area (Å²) in [6.45, 7) is 0.888. The molecule has 11 nitrogen and oxygen atoms in total. The Labute approximate surface area is 345 Å². The first kappa shape index (κ1) is 41.0. The third-order valence-electron chi connectivity index (χ3n) is 10.6. The summed E-state index contributed by atoms with van der Waals surface area (Å²) in [5.74, 6) is 0.792. The summed E-state index contributed by atoms with van der Waals surface area (Å²) in [6.07, 6.45) is -4.14. The number of H-pyrrole nitrogens is 2. The van der Waals surface area contributed by atoms with Crippen molar-refractivity contribution >= 4 is 11.8 Å². The quantitative estimate of drug-likeness (QED) is 0.118. The Morgan fingerprint density at radius 3 is 1.84 bits per heavy atom. The molecule has 61 heavy (non-hydrogen) atoms. The van der Waals surface area contributed by atoms with Crippen LogP contribution in [0.1, 0.15) is 60.5 Å². The minimum atomic E-state index is -4.88. The van der Waals surface area contributed by atoms with Gasteiger partial charge in [-0.2, -0.15) is 0 Å². The minimum absolute atomic E-state index is 0.143. The summed E-state index contributed by atoms with van der Waals surface area (Å²) in [7, 11) is 0. The van der Waals surface area contributed by atoms with Crippen molar-refractivity contribution < 1.29 is 50.1 Å². The van der Waals surface area contributed by atoms with Gasteiger partial charge in [-0.1, -0.05) is 48.5 Å². The molecule has 2 saturated heterocycles. The second-order valence-corrected chi connectivity index (χ2v) is 14.7. The van der Waals surface area contributed by atoms with Crippen molar-refractivity contribution in [3.8, 4) is 45.5 Å². The third-order valence-corrected chi connectivity index (χ3v) is 10.6. The molecule has 0 bridgehead atoms. The average molecular weight is 845 g/mol. The van der Waals surface area contributed by atoms with E-state index in [0.717, 1.165) is 11.1 Å². The number of nitrogens with one attached hydrogen (secondary N) is 2. The number of hydrogen-bond donors (Lipinski definition) is 2. The molecule has 4 heterocycles. The molecule has 2 amide bonds. The van der Waals surface area contributed by atoms with Crippen molar-refractivity contribution in [2.75, 3.05) is 13.1 Å². The zero-order valence-electron chi connectivity index (χ0n) is 32.3. The van der Waals surface area contributed by atoms with Gasteiger partial charge in [0.25, 0.3) is 0 Å². The lowest BCUT2D eigenvalue weighted by Crippen LogP contribution is -2.32. The number of imidazole rings is 2. The molecule has 2 atom stereocenters. The van der Waals surface area contributed by atoms with Gasteiger partial charge in [0, 0.05) is 36.0 Å². The van der Waals surface area contributed by atoms with E-state index in [-0.39, 0.29) is 47.9 Å². The lowest BCUT2D eigenvalue weighted by atomic mass is 10.1. The Morgan fingerprint density at radius 1 is 0.672 bits per heavy atom. The number of carbonyl (C=O) groups excluding carboxylic acids is 2. The molecule has 8 rings (SSSR count). The van der Waals surface area contributed by atoms with Crippen molar-refractivity contribution in [3.63, 3.8) is 0 Å². The van der Waals surface area contributed by atoms with E-state index in [0.29, 0.717) is 73.3 Å². The maximum absolute atomic E-state index is 13.4. The normalized spacial score (nSPS) is 16.8. The predicted octanol–water partition coefficient (Wildman–Crippen LogP) is 9.87. The smallest absolute Gasteiger partial charge is 0.457 e. The van der Waals surface area contributed by atoms with Crippen LogP contribution in [0.5, 0.6) is 23.0 Å². The van der Waals surface area contributed by atoms with Crippen LogP contribution >= 0.6 is 0 Å². The summed E-state index contributed by atoms with van der Waals surface area (Å²) in [5, 5.41) is 0. The van der Waals surface area contributed by atoms with Crippen LogP contribution in [-0.2, 0) is 22.4 Å². The monoisotopic (exact) mass is 844 g/mol. The van der Waals surface area contributed by atoms with E-state index in [1.807, 2.05) is 30.3 Å². The average Bonchev–Trinajstić information content (AvgIpc) is 4.06. The number of aromatic nitrogens is 4. The molecule has 0 radical (unpaired) electrons. The van der Waals surface area contributed by atoms with Gasteiger partial charge in [0.2, 0.25) is 11.8 Å². The summed E-state index contributed by atoms with van der Waals surface area (Å²) in [6, 6.07) is 25.2. The van der Waals surface area contributed by atoms with E-state index in [9.17, 15) is 35.9 Å². The number of rotatable bonds is 12. The topological polar surface area (TPSA) is 126 Å². The Bertz CT molecular complexity index is 2500. The van der Waals surface area contributed by atoms with Crippen LogP contribution in [0.25, 0.3) is 22.5 Å². The van der Waals surface area contributed by atoms with E-state index in [2.05, 4.69) is 24.4 Å². The molecule has 0 saturated carbocycles. The van der Waals surface area contributed by atoms with Crippen molar-refractivity contribution in [1.29, 1.82) is 0 Å². The Morgan fingerprint density at radius 2 is 1.25 bits per heavy atom. The lowest BCUT2D eigenvalue weighted by Gasteiger charge is -2.24. The van der Waals surface area contributed by atoms with Gasteiger partial charge in [-0.25, -0.2) is 9.97 Å². The number of hydrogen-bond acceptors (Lipinski definition) is 7. The molecular formula is C44H38F6N6O5. The molecule has 17 heteroatoms. The maximum Gasteiger partial charge on any atom is 0.573 e. The molecule has 2 aliphatic heterocycles. The van der Waals surface area contributed by atoms with Crippen molar-refractivity contribution in [1.82, 2.24) is 29.7 Å². The molecule has 4 aromatic carbocycles. The molecular weight excluding hydrogens is 807 g/mol. The largest absolute Gasteiger partial charge is 0.573 e. The molecule has 2 aromatic heterocycles. The summed E-state index contributed by atoms with van der Waals surface area (Å²) >= 11 is 0. The van der Waals surface area contributed by atoms with Crippen molar-refractivity contribution in [3.05, 3.63) is 132 Å². The van der Waals surface area contributed by atoms with E-state index >= 15 is 0 Å². The highest BCUT2D eigenvalue weighted by molar-refractivity contribution is 5.81. The highest BCUT2D eigenvalue weighted by Gasteiger charge is 2.36. The number of ether oxygens (including phenoxy) is 3. The van der Waals surface area contributed by atoms with Gasteiger partial charge in [-0.15, -0.1) is 26.3 Å². The SMILES string of the molecule is O=C(Cc1ccccc1OC(F)(F)F)N1CCC[C@H]1c1nc(-c2cccc(Oc3ccc(-c4cnc([C@@H]5CCCN5C(=O)Cc5ccccc5OC(F)(F)F)[nH]4)cc3)c2)c[nH]1. The number of alkyl halides is 6. The van der Waals surface area contributed by atoms with E-state index in [4.69, 9.17) is 9.72 Å². The summed E-state index contributed by atoms with van der Waals surface area (Å²) < 4.78 is 92.2. The molecule has 2 aliphatic rings. The van der Waals surface area contributed by atoms with E-state index in [1.54, 1.807) is 52.5 Å². The van der Waals surface area contributed by atoms with Gasteiger partial charge in [-0.3, -0.25) is 9.59 Å². The van der Waals surface area contributed by atoms with E-state index in [1.165, 1.54) is 36.4 Å². The van der Waals surface area contributed by atoms with E-state index < -0.39 is 24.2 Å². The second-order valence-electron chi connectivity index (χ2n) is 14.7. The Balaban J connectivity index is 0.892. The fourth-order valence-corrected chi connectivity index (χ4v) is 7.84. The summed E-state index contributed by atoms with van der Waals surface area (Å²) in [5.41, 5.74) is 3.20. The number of benzene rings is 4. The molecule has 2 fully saturated rings. The minimum Gasteiger partial charge on any atom is -0.457 e. The van der Waals surface area contributed by atoms with Crippen LogP contribution in [0.4, 0.5) is 26.3 Å². The van der Waals surface area contributed by atoms with Gasteiger partial charge < -0.3 is 34.0 Å². The zero-order chi connectivity index (χ0) is 42.7. The predicted molar refractivity (Wildman–Crippen MR) is 209 cm³/mol. The van der Waals surface area contributed by atoms with Crippen LogP contribution < -0.4 is 14.2 Å². The number of aromatic amines is 2. The van der Waals surface area contributed by atoms with Gasteiger partial charge in [0.15, 0.2) is 0 Å². The molecule has 6 aromatic rings. The number of amides is 2. The molecule has 0 aliphatic carbocycles. The molecule has 0 spiro atoms. The number of likely N-dealkylation sites (tertiary alicyclic amines) is 2. The zero-order valence-corrected chi connectivity index (χ0v) is 32.3. The fraction of sp³-hybridized carbons (Fsp3) is 0.273. The Hall–Kier alpha value is -6.78. The van der Waals surface area contributed by atoms with Crippen LogP contribution in [0.2, 0.25) is 0 Å². The number of halogens is 6. The molecule has 0 unspecified atom stereocenters. The highest BCUT2D eigenvalue weighted by Crippen LogP contribution is 2.37. The van der Waals surface area contributed by atoms with Gasteiger partial charge in [-0.05, 0) is 79.8 Å². The van der Waals surface area contributed by atoms with Crippen LogP contribution in [-0.4, -0.2) is 67.4 Å². The number of carbonyl (C=O) groups is 2. The highest BCUT2D eigenvalue weighted by atomic mass is 19.4. The van der Waals surface area contributed by atoms with Gasteiger partial charge in [0.1, 0.15) is 34.6 Å². The van der Waals surface area contributed by atoms with Crippen LogP contribution in [0.15, 0.2) is 109 Å². The number of para-hydroxylation sites is 2. The van der Waals surface area contributed by atoms with Crippen molar-refractivity contribution in [2.45, 2.75) is 63.3 Å². The van der Waals surface area contributed by atoms with Gasteiger partial charge >= 0.3 is 12.7 Å². The van der Waals surface area contributed by atoms with Crippen molar-refractivity contribution in [2.24, 2.45) is 0 Å². The number of nitrogens with zero attached hydrogens (tertiary/aromatic N) is 4. The molecule has 316 valence electrons. The second kappa shape index (κ2) is 17.1. The lowest BCUT2D eigenvalue weighted by molar-refractivity contribution is -0.275. The maximum atomic E-state index is 13.4. The van der Waals surface area contributed by atoms with Crippen LogP contribution in [0, 0.1) is 0 Å².